The van der Waals surface area contributed by atoms with Gasteiger partial charge < -0.3 is 23.7 Å². The van der Waals surface area contributed by atoms with Gasteiger partial charge in [0.2, 0.25) is 6.39 Å². The van der Waals surface area contributed by atoms with E-state index in [2.05, 4.69) is 10.2 Å². The number of nitrogens with zero attached hydrogens (tertiary/aromatic N) is 4. The summed E-state index contributed by atoms with van der Waals surface area (Å²) in [5.41, 5.74) is 2.05. The number of aromatic nitrogens is 2. The molecule has 1 aliphatic rings. The highest BCUT2D eigenvalue weighted by atomic mass is 16.6. The molecule has 30 heavy (non-hydrogen) atoms. The van der Waals surface area contributed by atoms with Crippen LogP contribution in [0.5, 0.6) is 0 Å². The highest BCUT2D eigenvalue weighted by molar-refractivity contribution is 5.68. The molecule has 8 heteroatoms. The first-order valence-corrected chi connectivity index (χ1v) is 9.89. The first kappa shape index (κ1) is 19.9. The van der Waals surface area contributed by atoms with Crippen molar-refractivity contribution in [2.24, 2.45) is 0 Å². The summed E-state index contributed by atoms with van der Waals surface area (Å²) in [6.07, 6.45) is 0.967. The van der Waals surface area contributed by atoms with Crippen molar-refractivity contribution >= 4 is 12.1 Å². The number of carbonyl (C=O) groups excluding carboxylic acids is 1. The molecule has 0 spiro atoms. The van der Waals surface area contributed by atoms with Gasteiger partial charge in [0.05, 0.1) is 19.3 Å². The zero-order valence-corrected chi connectivity index (χ0v) is 16.6. The lowest BCUT2D eigenvalue weighted by Gasteiger charge is -2.39. The monoisotopic (exact) mass is 408 g/mol. The number of benzene rings is 2. The average Bonchev–Trinajstić information content (AvgIpc) is 3.33. The highest BCUT2D eigenvalue weighted by Crippen LogP contribution is 2.19. The number of hydrogen-bond donors (Lipinski definition) is 0. The van der Waals surface area contributed by atoms with E-state index in [1.54, 1.807) is 4.90 Å². The number of piperazine rings is 1. The van der Waals surface area contributed by atoms with Gasteiger partial charge >= 0.3 is 12.1 Å². The molecule has 1 saturated heterocycles. The second-order valence-electron chi connectivity index (χ2n) is 7.06. The number of amides is 1. The van der Waals surface area contributed by atoms with Crippen molar-refractivity contribution in [2.45, 2.75) is 19.3 Å². The van der Waals surface area contributed by atoms with Crippen LogP contribution in [0.25, 0.3) is 0 Å². The summed E-state index contributed by atoms with van der Waals surface area (Å²) in [6, 6.07) is 19.9. The van der Waals surface area contributed by atoms with E-state index in [9.17, 15) is 4.79 Å². The number of hydrogen-bond acceptors (Lipinski definition) is 7. The fraction of sp³-hybridized carbons (Fsp3) is 0.318. The zero-order valence-electron chi connectivity index (χ0n) is 16.6. The molecule has 2 aromatic carbocycles. The Labute approximate surface area is 175 Å². The van der Waals surface area contributed by atoms with Gasteiger partial charge in [-0.15, -0.1) is 5.10 Å². The van der Waals surface area contributed by atoms with Gasteiger partial charge in [0.1, 0.15) is 6.61 Å². The van der Waals surface area contributed by atoms with Crippen molar-refractivity contribution in [1.82, 2.24) is 15.1 Å². The fourth-order valence-electron chi connectivity index (χ4n) is 3.41. The van der Waals surface area contributed by atoms with Crippen LogP contribution in [0.2, 0.25) is 0 Å². The third kappa shape index (κ3) is 5.15. The Balaban J connectivity index is 1.36. The van der Waals surface area contributed by atoms with E-state index < -0.39 is 0 Å². The second kappa shape index (κ2) is 9.89. The van der Waals surface area contributed by atoms with E-state index >= 15 is 0 Å². The van der Waals surface area contributed by atoms with Crippen molar-refractivity contribution in [1.29, 1.82) is 0 Å². The molecule has 156 valence electrons. The third-order valence-corrected chi connectivity index (χ3v) is 4.96. The molecule has 0 radical (unpaired) electrons. The van der Waals surface area contributed by atoms with E-state index in [1.807, 2.05) is 65.6 Å². The van der Waals surface area contributed by atoms with Gasteiger partial charge in [-0.05, 0) is 11.1 Å². The molecule has 0 saturated carbocycles. The minimum Gasteiger partial charge on any atom is -0.445 e. The summed E-state index contributed by atoms with van der Waals surface area (Å²) >= 11 is 0. The summed E-state index contributed by atoms with van der Waals surface area (Å²) in [4.78, 5) is 16.3. The zero-order chi connectivity index (χ0) is 20.6. The highest BCUT2D eigenvalue weighted by Gasteiger charge is 2.33. The molecule has 1 fully saturated rings. The Morgan fingerprint density at radius 1 is 1.00 bits per heavy atom. The van der Waals surface area contributed by atoms with Crippen molar-refractivity contribution in [3.05, 3.63) is 78.2 Å². The molecule has 1 atom stereocenters. The maximum absolute atomic E-state index is 12.6. The van der Waals surface area contributed by atoms with Crippen LogP contribution >= 0.6 is 0 Å². The lowest BCUT2D eigenvalue weighted by atomic mass is 10.2. The predicted molar refractivity (Wildman–Crippen MR) is 110 cm³/mol. The van der Waals surface area contributed by atoms with E-state index in [0.29, 0.717) is 38.9 Å². The first-order valence-electron chi connectivity index (χ1n) is 9.89. The van der Waals surface area contributed by atoms with Crippen molar-refractivity contribution < 1.29 is 18.7 Å². The van der Waals surface area contributed by atoms with Crippen LogP contribution in [0, 0.1) is 0 Å². The van der Waals surface area contributed by atoms with Gasteiger partial charge in [-0.3, -0.25) is 0 Å². The van der Waals surface area contributed by atoms with Crippen LogP contribution in [0.1, 0.15) is 11.1 Å². The number of ether oxygens (including phenoxy) is 2. The predicted octanol–water partition coefficient (Wildman–Crippen LogP) is 3.11. The van der Waals surface area contributed by atoms with Crippen molar-refractivity contribution in [3.63, 3.8) is 0 Å². The number of anilines is 1. The van der Waals surface area contributed by atoms with E-state index in [-0.39, 0.29) is 18.7 Å². The second-order valence-corrected chi connectivity index (χ2v) is 7.06. The SMILES string of the molecule is O=C(OCc1ccccc1)N1CCN(c2nnco2)[C@H](COCc2ccccc2)C1. The molecule has 1 aliphatic heterocycles. The minimum atomic E-state index is -0.336. The molecular formula is C22H24N4O4. The van der Waals surface area contributed by atoms with Crippen LogP contribution in [0.15, 0.2) is 71.5 Å². The van der Waals surface area contributed by atoms with Gasteiger partial charge in [-0.25, -0.2) is 4.79 Å². The van der Waals surface area contributed by atoms with Crippen LogP contribution in [-0.4, -0.2) is 53.5 Å². The molecule has 0 N–H and O–H groups in total. The van der Waals surface area contributed by atoms with E-state index in [1.165, 1.54) is 6.39 Å². The molecule has 4 rings (SSSR count). The topological polar surface area (TPSA) is 80.9 Å². The Morgan fingerprint density at radius 2 is 1.70 bits per heavy atom. The largest absolute Gasteiger partial charge is 0.445 e. The van der Waals surface area contributed by atoms with Gasteiger partial charge in [0.25, 0.3) is 0 Å². The molecular weight excluding hydrogens is 384 g/mol. The molecule has 0 bridgehead atoms. The Bertz CT molecular complexity index is 905. The van der Waals surface area contributed by atoms with Crippen LogP contribution in [0.4, 0.5) is 10.8 Å². The van der Waals surface area contributed by atoms with E-state index in [4.69, 9.17) is 13.9 Å². The molecule has 1 aromatic heterocycles. The van der Waals surface area contributed by atoms with Crippen LogP contribution < -0.4 is 4.90 Å². The van der Waals surface area contributed by atoms with Crippen LogP contribution in [-0.2, 0) is 22.7 Å². The number of carbonyl (C=O) groups is 1. The number of rotatable bonds is 7. The Hall–Kier alpha value is -3.39. The Morgan fingerprint density at radius 3 is 2.37 bits per heavy atom. The van der Waals surface area contributed by atoms with Crippen molar-refractivity contribution in [2.75, 3.05) is 31.1 Å². The molecule has 0 aliphatic carbocycles. The third-order valence-electron chi connectivity index (χ3n) is 4.96. The lowest BCUT2D eigenvalue weighted by molar-refractivity contribution is 0.0633. The summed E-state index contributed by atoms with van der Waals surface area (Å²) in [6.45, 7) is 2.67. The van der Waals surface area contributed by atoms with Gasteiger partial charge in [0, 0.05) is 19.6 Å². The quantitative estimate of drug-likeness (QED) is 0.594. The minimum absolute atomic E-state index is 0.118. The molecule has 2 heterocycles. The standard InChI is InChI=1S/C22H24N4O4/c27-22(29-15-19-9-5-2-6-10-19)25-11-12-26(21-24-23-17-30-21)20(13-25)16-28-14-18-7-3-1-4-8-18/h1-10,17,20H,11-16H2/t20-/m0/s1. The lowest BCUT2D eigenvalue weighted by Crippen LogP contribution is -2.56. The van der Waals surface area contributed by atoms with Gasteiger partial charge in [-0.1, -0.05) is 65.8 Å². The maximum Gasteiger partial charge on any atom is 0.410 e. The van der Waals surface area contributed by atoms with Crippen LogP contribution in [0.3, 0.4) is 0 Å². The first-order chi connectivity index (χ1) is 14.8. The van der Waals surface area contributed by atoms with Gasteiger partial charge in [0.15, 0.2) is 0 Å². The summed E-state index contributed by atoms with van der Waals surface area (Å²) in [5.74, 6) is 0. The molecule has 0 unspecified atom stereocenters. The Kier molecular flexibility index (Phi) is 6.56. The summed E-state index contributed by atoms with van der Waals surface area (Å²) in [7, 11) is 0. The smallest absolute Gasteiger partial charge is 0.410 e. The molecule has 8 nitrogen and oxygen atoms in total. The van der Waals surface area contributed by atoms with Gasteiger partial charge in [-0.2, -0.15) is 0 Å². The summed E-state index contributed by atoms with van der Waals surface area (Å²) < 4.78 is 16.8. The molecule has 3 aromatic rings. The average molecular weight is 408 g/mol. The maximum atomic E-state index is 12.6. The fourth-order valence-corrected chi connectivity index (χ4v) is 3.41. The van der Waals surface area contributed by atoms with E-state index in [0.717, 1.165) is 11.1 Å². The normalized spacial score (nSPS) is 16.5. The van der Waals surface area contributed by atoms with Crippen molar-refractivity contribution in [3.8, 4) is 0 Å². The summed E-state index contributed by atoms with van der Waals surface area (Å²) in [5, 5.41) is 7.79. The molecule has 1 amide bonds.